The molecule has 2 aromatic rings. The molecule has 1 aliphatic heterocycles. The van der Waals surface area contributed by atoms with Crippen LogP contribution in [0.15, 0.2) is 24.3 Å². The van der Waals surface area contributed by atoms with Crippen LogP contribution in [0.3, 0.4) is 0 Å². The van der Waals surface area contributed by atoms with E-state index in [9.17, 15) is 9.59 Å². The summed E-state index contributed by atoms with van der Waals surface area (Å²) >= 11 is 7.61. The number of carbonyl (C=O) groups is 2. The molecule has 150 valence electrons. The zero-order valence-corrected chi connectivity index (χ0v) is 17.9. The first-order chi connectivity index (χ1) is 13.4. The van der Waals surface area contributed by atoms with Crippen molar-refractivity contribution in [3.63, 3.8) is 0 Å². The number of anilines is 1. The molecule has 1 aromatic carbocycles. The van der Waals surface area contributed by atoms with Gasteiger partial charge in [-0.25, -0.2) is 4.98 Å². The number of hydrogen-bond acceptors (Lipinski definition) is 5. The summed E-state index contributed by atoms with van der Waals surface area (Å²) in [5, 5.41) is 6.64. The molecule has 8 heteroatoms. The van der Waals surface area contributed by atoms with Crippen LogP contribution in [-0.4, -0.2) is 40.8 Å². The topological polar surface area (TPSA) is 74.3 Å². The number of rotatable bonds is 6. The highest BCUT2D eigenvalue weighted by Gasteiger charge is 2.27. The Bertz CT molecular complexity index is 868. The number of halogens is 1. The summed E-state index contributed by atoms with van der Waals surface area (Å²) in [6.45, 7) is 8.79. The van der Waals surface area contributed by atoms with Crippen LogP contribution in [-0.2, 0) is 17.8 Å². The summed E-state index contributed by atoms with van der Waals surface area (Å²) in [4.78, 5) is 33.5. The Balaban J connectivity index is 1.70. The molecule has 0 spiro atoms. The summed E-state index contributed by atoms with van der Waals surface area (Å²) in [5.41, 5.74) is 1.41. The predicted molar refractivity (Wildman–Crippen MR) is 113 cm³/mol. The zero-order valence-electron chi connectivity index (χ0n) is 16.3. The fourth-order valence-corrected chi connectivity index (χ4v) is 4.43. The molecule has 1 unspecified atom stereocenters. The Morgan fingerprint density at radius 1 is 1.32 bits per heavy atom. The Labute approximate surface area is 174 Å². The van der Waals surface area contributed by atoms with Gasteiger partial charge in [-0.1, -0.05) is 44.5 Å². The number of fused-ring (bicyclic) bond motifs is 1. The molecule has 1 atom stereocenters. The van der Waals surface area contributed by atoms with Gasteiger partial charge >= 0.3 is 0 Å². The lowest BCUT2D eigenvalue weighted by atomic mass is 10.0. The minimum atomic E-state index is -0.683. The van der Waals surface area contributed by atoms with Crippen molar-refractivity contribution >= 4 is 39.9 Å². The minimum Gasteiger partial charge on any atom is -0.340 e. The molecule has 0 radical (unpaired) electrons. The van der Waals surface area contributed by atoms with Crippen LogP contribution in [0.25, 0.3) is 0 Å². The quantitative estimate of drug-likeness (QED) is 0.749. The Morgan fingerprint density at radius 3 is 2.75 bits per heavy atom. The third-order valence-electron chi connectivity index (χ3n) is 4.84. The van der Waals surface area contributed by atoms with E-state index < -0.39 is 6.04 Å². The number of carbonyl (C=O) groups excluding carboxylic acids is 2. The number of thiazole rings is 1. The molecule has 0 saturated heterocycles. The predicted octanol–water partition coefficient (Wildman–Crippen LogP) is 3.57. The molecular weight excluding hydrogens is 396 g/mol. The van der Waals surface area contributed by atoms with Crippen molar-refractivity contribution in [2.75, 3.05) is 18.4 Å². The normalized spacial score (nSPS) is 15.2. The number of amides is 2. The van der Waals surface area contributed by atoms with Crippen LogP contribution in [0.5, 0.6) is 0 Å². The highest BCUT2D eigenvalue weighted by atomic mass is 35.5. The third kappa shape index (κ3) is 4.71. The fraction of sp³-hybridized carbons (Fsp3) is 0.450. The van der Waals surface area contributed by atoms with Gasteiger partial charge in [0.15, 0.2) is 5.13 Å². The monoisotopic (exact) mass is 420 g/mol. The second-order valence-electron chi connectivity index (χ2n) is 7.17. The van der Waals surface area contributed by atoms with Gasteiger partial charge in [0.2, 0.25) is 5.91 Å². The molecule has 0 saturated carbocycles. The van der Waals surface area contributed by atoms with Crippen LogP contribution < -0.4 is 10.6 Å². The molecule has 1 aromatic heterocycles. The third-order valence-corrected chi connectivity index (χ3v) is 6.17. The summed E-state index contributed by atoms with van der Waals surface area (Å²) in [6.07, 6.45) is 0.895. The SMILES string of the molecule is CCN1CCc2nc(NC(=O)C(NC(=O)c3ccccc3Cl)C(C)C)sc2C1. The number of aromatic nitrogens is 1. The Kier molecular flexibility index (Phi) is 6.69. The highest BCUT2D eigenvalue weighted by Crippen LogP contribution is 2.28. The molecule has 0 bridgehead atoms. The van der Waals surface area contributed by atoms with Gasteiger partial charge in [0.25, 0.3) is 5.91 Å². The molecule has 1 aliphatic rings. The van der Waals surface area contributed by atoms with Crippen molar-refractivity contribution in [2.24, 2.45) is 5.92 Å². The van der Waals surface area contributed by atoms with E-state index in [1.807, 2.05) is 13.8 Å². The van der Waals surface area contributed by atoms with E-state index in [4.69, 9.17) is 11.6 Å². The van der Waals surface area contributed by atoms with E-state index >= 15 is 0 Å². The minimum absolute atomic E-state index is 0.0865. The number of nitrogens with zero attached hydrogens (tertiary/aromatic N) is 2. The molecule has 2 amide bonds. The second-order valence-corrected chi connectivity index (χ2v) is 8.66. The van der Waals surface area contributed by atoms with Gasteiger partial charge in [0.1, 0.15) is 6.04 Å². The molecule has 2 N–H and O–H groups in total. The van der Waals surface area contributed by atoms with E-state index in [1.165, 1.54) is 16.2 Å². The Morgan fingerprint density at radius 2 is 2.07 bits per heavy atom. The first kappa shape index (κ1) is 20.8. The van der Waals surface area contributed by atoms with E-state index in [2.05, 4.69) is 27.4 Å². The van der Waals surface area contributed by atoms with Crippen LogP contribution in [0, 0.1) is 5.92 Å². The van der Waals surface area contributed by atoms with Crippen molar-refractivity contribution in [3.8, 4) is 0 Å². The maximum absolute atomic E-state index is 12.8. The van der Waals surface area contributed by atoms with Crippen molar-refractivity contribution in [1.82, 2.24) is 15.2 Å². The molecule has 2 heterocycles. The maximum Gasteiger partial charge on any atom is 0.253 e. The molecule has 0 fully saturated rings. The van der Waals surface area contributed by atoms with Crippen LogP contribution in [0.4, 0.5) is 5.13 Å². The summed E-state index contributed by atoms with van der Waals surface area (Å²) in [6, 6.07) is 6.11. The first-order valence-electron chi connectivity index (χ1n) is 9.46. The van der Waals surface area contributed by atoms with E-state index in [0.29, 0.717) is 15.7 Å². The van der Waals surface area contributed by atoms with Crippen LogP contribution >= 0.6 is 22.9 Å². The van der Waals surface area contributed by atoms with Gasteiger partial charge in [-0.3, -0.25) is 14.5 Å². The molecule has 6 nitrogen and oxygen atoms in total. The first-order valence-corrected chi connectivity index (χ1v) is 10.7. The average molecular weight is 421 g/mol. The smallest absolute Gasteiger partial charge is 0.253 e. The number of likely N-dealkylation sites (N-methyl/N-ethyl adjacent to an activating group) is 1. The molecule has 28 heavy (non-hydrogen) atoms. The van der Waals surface area contributed by atoms with E-state index in [-0.39, 0.29) is 17.7 Å². The zero-order chi connectivity index (χ0) is 20.3. The van der Waals surface area contributed by atoms with Gasteiger partial charge in [-0.15, -0.1) is 11.3 Å². The fourth-order valence-electron chi connectivity index (χ4n) is 3.15. The van der Waals surface area contributed by atoms with E-state index in [0.717, 1.165) is 31.7 Å². The van der Waals surface area contributed by atoms with Crippen molar-refractivity contribution < 1.29 is 9.59 Å². The summed E-state index contributed by atoms with van der Waals surface area (Å²) in [7, 11) is 0. The van der Waals surface area contributed by atoms with Crippen molar-refractivity contribution in [2.45, 2.75) is 39.8 Å². The van der Waals surface area contributed by atoms with Crippen LogP contribution in [0.2, 0.25) is 5.02 Å². The van der Waals surface area contributed by atoms with Gasteiger partial charge in [0.05, 0.1) is 16.3 Å². The van der Waals surface area contributed by atoms with Gasteiger partial charge < -0.3 is 10.6 Å². The summed E-state index contributed by atoms with van der Waals surface area (Å²) in [5.74, 6) is -0.720. The Hall–Kier alpha value is -1.96. The van der Waals surface area contributed by atoms with Gasteiger partial charge in [-0.05, 0) is 24.6 Å². The van der Waals surface area contributed by atoms with Gasteiger partial charge in [0, 0.05) is 24.4 Å². The van der Waals surface area contributed by atoms with Gasteiger partial charge in [-0.2, -0.15) is 0 Å². The van der Waals surface area contributed by atoms with Crippen molar-refractivity contribution in [3.05, 3.63) is 45.4 Å². The highest BCUT2D eigenvalue weighted by molar-refractivity contribution is 7.15. The number of hydrogen-bond donors (Lipinski definition) is 2. The lowest BCUT2D eigenvalue weighted by Crippen LogP contribution is -2.47. The number of benzene rings is 1. The standard InChI is InChI=1S/C20H25ClN4O2S/c1-4-25-10-9-15-16(11-25)28-20(22-15)24-19(27)17(12(2)3)23-18(26)13-7-5-6-8-14(13)21/h5-8,12,17H,4,9-11H2,1-3H3,(H,23,26)(H,22,24,27). The molecule has 0 aliphatic carbocycles. The largest absolute Gasteiger partial charge is 0.340 e. The van der Waals surface area contributed by atoms with E-state index in [1.54, 1.807) is 24.3 Å². The average Bonchev–Trinajstić information content (AvgIpc) is 3.06. The van der Waals surface area contributed by atoms with Crippen LogP contribution in [0.1, 0.15) is 41.7 Å². The molecular formula is C20H25ClN4O2S. The number of nitrogens with one attached hydrogen (secondary N) is 2. The summed E-state index contributed by atoms with van der Waals surface area (Å²) < 4.78 is 0. The van der Waals surface area contributed by atoms with Crippen molar-refractivity contribution in [1.29, 1.82) is 0 Å². The lowest BCUT2D eigenvalue weighted by molar-refractivity contribution is -0.118. The second kappa shape index (κ2) is 9.03. The lowest BCUT2D eigenvalue weighted by Gasteiger charge is -2.23. The maximum atomic E-state index is 12.8. The molecule has 3 rings (SSSR count).